The Kier molecular flexibility index (Phi) is 7.44. The first-order chi connectivity index (χ1) is 17.7. The molecule has 0 spiro atoms. The summed E-state index contributed by atoms with van der Waals surface area (Å²) >= 11 is 3.14. The second-order valence-corrected chi connectivity index (χ2v) is 10.5. The fraction of sp³-hybridized carbons (Fsp3) is 0.214. The van der Waals surface area contributed by atoms with Gasteiger partial charge in [-0.15, -0.1) is 11.3 Å². The summed E-state index contributed by atoms with van der Waals surface area (Å²) < 4.78 is 1.89. The lowest BCUT2D eigenvalue weighted by molar-refractivity contribution is -0.120. The minimum atomic E-state index is -0.281. The summed E-state index contributed by atoms with van der Waals surface area (Å²) in [4.78, 5) is 24.3. The van der Waals surface area contributed by atoms with Crippen LogP contribution in [0.1, 0.15) is 30.8 Å². The molecule has 1 atom stereocenters. The number of nitrogens with one attached hydrogen (secondary N) is 1. The summed E-state index contributed by atoms with van der Waals surface area (Å²) in [7, 11) is 0. The molecule has 2 aromatic carbocycles. The first kappa shape index (κ1) is 24.2. The quantitative estimate of drug-likeness (QED) is 0.185. The Balaban J connectivity index is 1.59. The van der Waals surface area contributed by atoms with Crippen LogP contribution >= 0.6 is 23.1 Å². The van der Waals surface area contributed by atoms with Crippen LogP contribution in [0.15, 0.2) is 83.2 Å². The van der Waals surface area contributed by atoms with Crippen molar-refractivity contribution in [3.8, 4) is 17.1 Å². The largest absolute Gasteiger partial charge is 0.350 e. The number of benzene rings is 2. The Morgan fingerprint density at radius 1 is 1.00 bits per heavy atom. The Hall–Kier alpha value is -3.49. The predicted octanol–water partition coefficient (Wildman–Crippen LogP) is 6.29. The lowest BCUT2D eigenvalue weighted by Gasteiger charge is -2.15. The number of carbonyl (C=O) groups is 1. The summed E-state index contributed by atoms with van der Waals surface area (Å²) in [5.74, 6) is 0.636. The van der Waals surface area contributed by atoms with Crippen LogP contribution < -0.4 is 5.32 Å². The normalized spacial score (nSPS) is 12.1. The molecule has 0 radical (unpaired) electrons. The van der Waals surface area contributed by atoms with Gasteiger partial charge in [-0.1, -0.05) is 80.2 Å². The summed E-state index contributed by atoms with van der Waals surface area (Å²) in [6.07, 6.45) is 1.42. The summed E-state index contributed by atoms with van der Waals surface area (Å²) in [6, 6.07) is 24.0. The molecule has 5 rings (SSSR count). The molecule has 0 aliphatic carbocycles. The highest BCUT2D eigenvalue weighted by Gasteiger charge is 2.25. The molecule has 0 saturated heterocycles. The lowest BCUT2D eigenvalue weighted by atomic mass is 10.2. The number of aryl methyl sites for hydroxylation is 1. The molecule has 3 aromatic heterocycles. The highest BCUT2D eigenvalue weighted by Crippen LogP contribution is 2.35. The van der Waals surface area contributed by atoms with Gasteiger partial charge in [-0.3, -0.25) is 4.79 Å². The zero-order valence-electron chi connectivity index (χ0n) is 20.2. The lowest BCUT2D eigenvalue weighted by Crippen LogP contribution is -2.31. The molecule has 1 N–H and O–H groups in total. The van der Waals surface area contributed by atoms with Crippen LogP contribution in [0.2, 0.25) is 0 Å². The zero-order chi connectivity index (χ0) is 24.9. The van der Waals surface area contributed by atoms with Gasteiger partial charge in [-0.25, -0.2) is 14.6 Å². The van der Waals surface area contributed by atoms with E-state index in [2.05, 4.69) is 12.2 Å². The third-order valence-corrected chi connectivity index (χ3v) is 8.10. The molecule has 36 heavy (non-hydrogen) atoms. The first-order valence-electron chi connectivity index (χ1n) is 12.0. The minimum Gasteiger partial charge on any atom is -0.350 e. The van der Waals surface area contributed by atoms with Gasteiger partial charge in [0.1, 0.15) is 5.03 Å². The van der Waals surface area contributed by atoms with Crippen LogP contribution in [0, 0.1) is 0 Å². The zero-order valence-corrected chi connectivity index (χ0v) is 21.9. The number of hydrogen-bond donors (Lipinski definition) is 1. The van der Waals surface area contributed by atoms with Crippen molar-refractivity contribution in [1.29, 1.82) is 0 Å². The van der Waals surface area contributed by atoms with E-state index in [-0.39, 0.29) is 11.2 Å². The van der Waals surface area contributed by atoms with Crippen molar-refractivity contribution in [2.45, 2.75) is 43.5 Å². The fourth-order valence-corrected chi connectivity index (χ4v) is 5.75. The van der Waals surface area contributed by atoms with Crippen LogP contribution in [0.25, 0.3) is 28.1 Å². The SMILES string of the molecule is CCc1nn(-c2ccccc2)c2nc(-c3ccccc3)nc(SC(CC)C(=O)NCc3cccs3)c12. The van der Waals surface area contributed by atoms with Crippen LogP contribution in [0.3, 0.4) is 0 Å². The summed E-state index contributed by atoms with van der Waals surface area (Å²) in [5.41, 5.74) is 3.54. The van der Waals surface area contributed by atoms with Crippen molar-refractivity contribution >= 4 is 40.0 Å². The number of amides is 1. The monoisotopic (exact) mass is 513 g/mol. The molecule has 1 unspecified atom stereocenters. The van der Waals surface area contributed by atoms with Gasteiger partial charge >= 0.3 is 0 Å². The van der Waals surface area contributed by atoms with Gasteiger partial charge in [0, 0.05) is 10.4 Å². The maximum absolute atomic E-state index is 13.2. The standard InChI is InChI=1S/C28H27N5OS2/c1-3-22-24-26(33(32-22)20-14-9-6-10-15-20)30-25(19-12-7-5-8-13-19)31-28(24)36-23(4-2)27(34)29-18-21-16-11-17-35-21/h5-17,23H,3-4,18H2,1-2H3,(H,29,34). The van der Waals surface area contributed by atoms with Crippen molar-refractivity contribution in [2.24, 2.45) is 0 Å². The Labute approximate surface area is 218 Å². The van der Waals surface area contributed by atoms with Crippen molar-refractivity contribution in [3.05, 3.63) is 88.7 Å². The Morgan fingerprint density at radius 3 is 2.42 bits per heavy atom. The molecule has 6 nitrogen and oxygen atoms in total. The molecular formula is C28H27N5OS2. The third kappa shape index (κ3) is 5.05. The van der Waals surface area contributed by atoms with E-state index >= 15 is 0 Å². The number of carbonyl (C=O) groups excluding carboxylic acids is 1. The molecule has 0 bridgehead atoms. The van der Waals surface area contributed by atoms with E-state index in [1.165, 1.54) is 11.8 Å². The van der Waals surface area contributed by atoms with Gasteiger partial charge in [-0.2, -0.15) is 5.10 Å². The van der Waals surface area contributed by atoms with Gasteiger partial charge in [0.2, 0.25) is 5.91 Å². The molecular weight excluding hydrogens is 486 g/mol. The highest BCUT2D eigenvalue weighted by molar-refractivity contribution is 8.00. The fourth-order valence-electron chi connectivity index (χ4n) is 4.01. The number of thiophene rings is 1. The molecule has 5 aromatic rings. The maximum Gasteiger partial charge on any atom is 0.233 e. The molecule has 0 saturated carbocycles. The number of hydrogen-bond acceptors (Lipinski definition) is 6. The molecule has 1 amide bonds. The maximum atomic E-state index is 13.2. The van der Waals surface area contributed by atoms with Gasteiger partial charge in [0.25, 0.3) is 0 Å². The predicted molar refractivity (Wildman–Crippen MR) is 148 cm³/mol. The summed E-state index contributed by atoms with van der Waals surface area (Å²) in [5, 5.41) is 11.5. The van der Waals surface area contributed by atoms with Crippen molar-refractivity contribution in [1.82, 2.24) is 25.1 Å². The van der Waals surface area contributed by atoms with Crippen molar-refractivity contribution in [2.75, 3.05) is 0 Å². The summed E-state index contributed by atoms with van der Waals surface area (Å²) in [6.45, 7) is 4.66. The van der Waals surface area contributed by atoms with Gasteiger partial charge in [-0.05, 0) is 36.4 Å². The van der Waals surface area contributed by atoms with Gasteiger partial charge < -0.3 is 5.32 Å². The van der Waals surface area contributed by atoms with E-state index in [9.17, 15) is 4.79 Å². The molecule has 0 fully saturated rings. The topological polar surface area (TPSA) is 72.7 Å². The van der Waals surface area contributed by atoms with Crippen LogP contribution in [0.4, 0.5) is 0 Å². The molecule has 182 valence electrons. The van der Waals surface area contributed by atoms with E-state index < -0.39 is 0 Å². The Bertz CT molecular complexity index is 1450. The number of thioether (sulfide) groups is 1. The van der Waals surface area contributed by atoms with E-state index in [4.69, 9.17) is 15.1 Å². The molecule has 3 heterocycles. The van der Waals surface area contributed by atoms with Crippen molar-refractivity contribution < 1.29 is 4.79 Å². The van der Waals surface area contributed by atoms with Gasteiger partial charge in [0.05, 0.1) is 28.6 Å². The van der Waals surface area contributed by atoms with E-state index in [0.29, 0.717) is 18.8 Å². The average molecular weight is 514 g/mol. The van der Waals surface area contributed by atoms with E-state index in [0.717, 1.165) is 44.3 Å². The second-order valence-electron chi connectivity index (χ2n) is 8.28. The Morgan fingerprint density at radius 2 is 1.75 bits per heavy atom. The number of aromatic nitrogens is 4. The first-order valence-corrected chi connectivity index (χ1v) is 13.8. The number of fused-ring (bicyclic) bond motifs is 1. The van der Waals surface area contributed by atoms with Crippen LogP contribution in [0.5, 0.6) is 0 Å². The molecule has 8 heteroatoms. The molecule has 0 aliphatic heterocycles. The second kappa shape index (κ2) is 11.1. The van der Waals surface area contributed by atoms with Crippen LogP contribution in [-0.2, 0) is 17.8 Å². The number of para-hydroxylation sites is 1. The highest BCUT2D eigenvalue weighted by atomic mass is 32.2. The minimum absolute atomic E-state index is 0.0115. The van der Waals surface area contributed by atoms with E-state index in [1.54, 1.807) is 11.3 Å². The smallest absolute Gasteiger partial charge is 0.233 e. The van der Waals surface area contributed by atoms with E-state index in [1.807, 2.05) is 89.8 Å². The van der Waals surface area contributed by atoms with Crippen LogP contribution in [-0.4, -0.2) is 30.9 Å². The molecule has 0 aliphatic rings. The average Bonchev–Trinajstić information content (AvgIpc) is 3.59. The van der Waals surface area contributed by atoms with Crippen molar-refractivity contribution in [3.63, 3.8) is 0 Å². The van der Waals surface area contributed by atoms with Gasteiger partial charge in [0.15, 0.2) is 11.5 Å². The number of rotatable bonds is 9. The number of nitrogens with zero attached hydrogens (tertiary/aromatic N) is 4. The third-order valence-electron chi connectivity index (χ3n) is 5.87.